The minimum absolute atomic E-state index is 0.0160. The van der Waals surface area contributed by atoms with Crippen LogP contribution in [0.2, 0.25) is 0 Å². The van der Waals surface area contributed by atoms with Gasteiger partial charge in [-0.25, -0.2) is 10.1 Å². The molecular formula is C25H28N8O2. The van der Waals surface area contributed by atoms with E-state index in [1.54, 1.807) is 0 Å². The molecule has 5 rings (SSSR count). The summed E-state index contributed by atoms with van der Waals surface area (Å²) in [4.78, 5) is 23.3. The first kappa shape index (κ1) is 22.6. The lowest BCUT2D eigenvalue weighted by Gasteiger charge is -2.36. The van der Waals surface area contributed by atoms with Crippen molar-refractivity contribution in [2.24, 2.45) is 4.99 Å². The molecule has 0 saturated carbocycles. The summed E-state index contributed by atoms with van der Waals surface area (Å²) in [5.74, 6) is 1.22. The third-order valence-corrected chi connectivity index (χ3v) is 6.26. The summed E-state index contributed by atoms with van der Waals surface area (Å²) in [6, 6.07) is 16.6. The van der Waals surface area contributed by atoms with Gasteiger partial charge in [0.25, 0.3) is 0 Å². The van der Waals surface area contributed by atoms with Crippen molar-refractivity contribution in [2.75, 3.05) is 27.4 Å². The van der Waals surface area contributed by atoms with E-state index in [0.29, 0.717) is 19.0 Å². The molecule has 3 heterocycles. The maximum atomic E-state index is 12.0. The molecule has 0 fully saturated rings. The highest BCUT2D eigenvalue weighted by molar-refractivity contribution is 6.01. The number of rotatable bonds is 7. The Labute approximate surface area is 203 Å². The van der Waals surface area contributed by atoms with Gasteiger partial charge in [-0.3, -0.25) is 4.79 Å². The monoisotopic (exact) mass is 472 g/mol. The highest BCUT2D eigenvalue weighted by Crippen LogP contribution is 2.32. The molecule has 2 aliphatic rings. The van der Waals surface area contributed by atoms with Crippen LogP contribution in [0.4, 0.5) is 0 Å². The summed E-state index contributed by atoms with van der Waals surface area (Å²) in [6.07, 6.45) is 2.99. The van der Waals surface area contributed by atoms with Crippen LogP contribution in [0, 0.1) is 0 Å². The van der Waals surface area contributed by atoms with Gasteiger partial charge in [0.05, 0.1) is 19.5 Å². The van der Waals surface area contributed by atoms with Gasteiger partial charge in [0, 0.05) is 25.4 Å². The zero-order valence-corrected chi connectivity index (χ0v) is 20.0. The minimum atomic E-state index is -0.272. The van der Waals surface area contributed by atoms with E-state index >= 15 is 0 Å². The van der Waals surface area contributed by atoms with Crippen molar-refractivity contribution >= 4 is 11.8 Å². The SMILES string of the molecule is CCC1N=C2C(=CN(C)CN2CC(=O)OC)N1Cc1ccc(-c2ccccc2-c2nnn[nH]2)cc1. The molecule has 35 heavy (non-hydrogen) atoms. The fourth-order valence-corrected chi connectivity index (χ4v) is 4.58. The Kier molecular flexibility index (Phi) is 6.17. The fourth-order valence-electron chi connectivity index (χ4n) is 4.58. The first-order chi connectivity index (χ1) is 17.1. The number of hydrogen-bond donors (Lipinski definition) is 1. The number of benzene rings is 2. The predicted octanol–water partition coefficient (Wildman–Crippen LogP) is 2.70. The zero-order valence-electron chi connectivity index (χ0n) is 20.0. The number of ether oxygens (including phenoxy) is 1. The van der Waals surface area contributed by atoms with Gasteiger partial charge in [0.2, 0.25) is 0 Å². The summed E-state index contributed by atoms with van der Waals surface area (Å²) < 4.78 is 4.89. The highest BCUT2D eigenvalue weighted by Gasteiger charge is 2.36. The number of aliphatic imine (C=N–C) groups is 1. The van der Waals surface area contributed by atoms with E-state index in [9.17, 15) is 4.79 Å². The average molecular weight is 473 g/mol. The number of esters is 1. The van der Waals surface area contributed by atoms with Crippen LogP contribution >= 0.6 is 0 Å². The molecule has 0 aliphatic carbocycles. The minimum Gasteiger partial charge on any atom is -0.468 e. The molecule has 0 saturated heterocycles. The number of H-pyrrole nitrogens is 1. The zero-order chi connectivity index (χ0) is 24.4. The number of hydrogen-bond acceptors (Lipinski definition) is 9. The number of carbonyl (C=O) groups excluding carboxylic acids is 1. The molecule has 0 spiro atoms. The second-order valence-electron chi connectivity index (χ2n) is 8.65. The Balaban J connectivity index is 1.38. The molecule has 0 amide bonds. The molecule has 1 aromatic heterocycles. The molecular weight excluding hydrogens is 444 g/mol. The van der Waals surface area contributed by atoms with E-state index in [4.69, 9.17) is 9.73 Å². The highest BCUT2D eigenvalue weighted by atomic mass is 16.5. The Hall–Kier alpha value is -4.21. The lowest BCUT2D eigenvalue weighted by Crippen LogP contribution is -2.46. The van der Waals surface area contributed by atoms with E-state index in [1.165, 1.54) is 12.7 Å². The molecule has 2 aliphatic heterocycles. The van der Waals surface area contributed by atoms with Crippen molar-refractivity contribution < 1.29 is 9.53 Å². The van der Waals surface area contributed by atoms with Gasteiger partial charge in [0.1, 0.15) is 12.7 Å². The van der Waals surface area contributed by atoms with Gasteiger partial charge < -0.3 is 19.4 Å². The van der Waals surface area contributed by atoms with Gasteiger partial charge in [-0.05, 0) is 33.5 Å². The largest absolute Gasteiger partial charge is 0.468 e. The first-order valence-electron chi connectivity index (χ1n) is 11.6. The molecule has 0 radical (unpaired) electrons. The average Bonchev–Trinajstić information content (AvgIpc) is 3.53. The third kappa shape index (κ3) is 4.46. The molecule has 3 aromatic rings. The number of carbonyl (C=O) groups is 1. The second kappa shape index (κ2) is 9.57. The quantitative estimate of drug-likeness (QED) is 0.524. The predicted molar refractivity (Wildman–Crippen MR) is 132 cm³/mol. The van der Waals surface area contributed by atoms with E-state index in [1.807, 2.05) is 30.1 Å². The Morgan fingerprint density at radius 2 is 1.91 bits per heavy atom. The van der Waals surface area contributed by atoms with E-state index < -0.39 is 0 Å². The Morgan fingerprint density at radius 3 is 2.60 bits per heavy atom. The maximum absolute atomic E-state index is 12.0. The van der Waals surface area contributed by atoms with E-state index in [0.717, 1.165) is 34.6 Å². The van der Waals surface area contributed by atoms with Crippen LogP contribution in [0.15, 0.2) is 65.4 Å². The van der Waals surface area contributed by atoms with Crippen LogP contribution in [0.25, 0.3) is 22.5 Å². The number of methoxy groups -OCH3 is 1. The van der Waals surface area contributed by atoms with Crippen molar-refractivity contribution in [1.29, 1.82) is 0 Å². The summed E-state index contributed by atoms with van der Waals surface area (Å²) in [5.41, 5.74) is 5.31. The fraction of sp³-hybridized carbons (Fsp3) is 0.320. The van der Waals surface area contributed by atoms with Crippen molar-refractivity contribution in [2.45, 2.75) is 26.1 Å². The number of amidine groups is 1. The molecule has 2 aromatic carbocycles. The topological polar surface area (TPSA) is 103 Å². The van der Waals surface area contributed by atoms with E-state index in [2.05, 4.69) is 73.9 Å². The second-order valence-corrected chi connectivity index (χ2v) is 8.65. The van der Waals surface area contributed by atoms with Crippen LogP contribution in [0.3, 0.4) is 0 Å². The Bertz CT molecular complexity index is 1250. The summed E-state index contributed by atoms with van der Waals surface area (Å²) in [7, 11) is 3.41. The van der Waals surface area contributed by atoms with Crippen molar-refractivity contribution in [3.05, 3.63) is 66.0 Å². The number of aromatic nitrogens is 4. The molecule has 180 valence electrons. The molecule has 0 bridgehead atoms. The van der Waals surface area contributed by atoms with Gasteiger partial charge in [0.15, 0.2) is 11.7 Å². The molecule has 1 unspecified atom stereocenters. The molecule has 10 heteroatoms. The van der Waals surface area contributed by atoms with Gasteiger partial charge >= 0.3 is 5.97 Å². The molecule has 10 nitrogen and oxygen atoms in total. The smallest absolute Gasteiger partial charge is 0.325 e. The third-order valence-electron chi connectivity index (χ3n) is 6.26. The van der Waals surface area contributed by atoms with Crippen LogP contribution in [0.5, 0.6) is 0 Å². The summed E-state index contributed by atoms with van der Waals surface area (Å²) in [6.45, 7) is 3.62. The van der Waals surface area contributed by atoms with Crippen LogP contribution in [-0.4, -0.2) is 80.7 Å². The lowest BCUT2D eigenvalue weighted by atomic mass is 9.98. The number of nitrogens with one attached hydrogen (secondary N) is 1. The maximum Gasteiger partial charge on any atom is 0.325 e. The van der Waals surface area contributed by atoms with Gasteiger partial charge in [-0.15, -0.1) is 5.10 Å². The summed E-state index contributed by atoms with van der Waals surface area (Å²) >= 11 is 0. The standard InChI is InChI=1S/C25H28N8O2/c1-4-22-26-25-21(14-31(2)16-32(25)15-23(34)35-3)33(22)13-17-9-11-18(12-10-17)19-7-5-6-8-20(19)24-27-29-30-28-24/h5-12,14,22H,4,13,15-16H2,1-3H3,(H,27,28,29,30). The number of fused-ring (bicyclic) bond motifs is 1. The van der Waals surface area contributed by atoms with Crippen LogP contribution < -0.4 is 0 Å². The normalized spacial score (nSPS) is 17.2. The van der Waals surface area contributed by atoms with Crippen LogP contribution in [-0.2, 0) is 16.1 Å². The van der Waals surface area contributed by atoms with Crippen LogP contribution in [0.1, 0.15) is 18.9 Å². The lowest BCUT2D eigenvalue weighted by molar-refractivity contribution is -0.141. The van der Waals surface area contributed by atoms with Crippen molar-refractivity contribution in [1.82, 2.24) is 35.3 Å². The number of nitrogens with zero attached hydrogens (tertiary/aromatic N) is 7. The molecule has 1 atom stereocenters. The van der Waals surface area contributed by atoms with Gasteiger partial charge in [-0.2, -0.15) is 0 Å². The number of tetrazole rings is 1. The van der Waals surface area contributed by atoms with Crippen molar-refractivity contribution in [3.8, 4) is 22.5 Å². The summed E-state index contributed by atoms with van der Waals surface area (Å²) in [5, 5.41) is 14.3. The first-order valence-corrected chi connectivity index (χ1v) is 11.6. The van der Waals surface area contributed by atoms with E-state index in [-0.39, 0.29) is 18.7 Å². The van der Waals surface area contributed by atoms with Crippen molar-refractivity contribution in [3.63, 3.8) is 0 Å². The van der Waals surface area contributed by atoms with Gasteiger partial charge in [-0.1, -0.05) is 55.5 Å². The molecule has 1 N–H and O–H groups in total. The Morgan fingerprint density at radius 1 is 1.14 bits per heavy atom. The number of aromatic amines is 1.